The molecule has 0 saturated carbocycles. The highest BCUT2D eigenvalue weighted by Gasteiger charge is 2.40. The van der Waals surface area contributed by atoms with Crippen molar-refractivity contribution < 1.29 is 29.1 Å². The number of carboxylic acid groups (broad SMARTS) is 1. The van der Waals surface area contributed by atoms with E-state index in [4.69, 9.17) is 22.9 Å². The molecule has 14 nitrogen and oxygen atoms in total. The number of rotatable bonds is 13. The van der Waals surface area contributed by atoms with Crippen LogP contribution in [-0.4, -0.2) is 82.8 Å². The smallest absolute Gasteiger partial charge is 0.326 e. The fourth-order valence-corrected chi connectivity index (χ4v) is 3.58. The molecule has 14 heteroatoms. The van der Waals surface area contributed by atoms with Crippen LogP contribution in [0.2, 0.25) is 0 Å². The molecule has 0 radical (unpaired) electrons. The second-order valence-corrected chi connectivity index (χ2v) is 8.55. The zero-order valence-electron chi connectivity index (χ0n) is 19.5. The molecule has 0 aliphatic carbocycles. The van der Waals surface area contributed by atoms with E-state index in [0.717, 1.165) is 0 Å². The Morgan fingerprint density at radius 3 is 2.29 bits per heavy atom. The summed E-state index contributed by atoms with van der Waals surface area (Å²) in [6.45, 7) is 4.05. The Morgan fingerprint density at radius 2 is 1.76 bits per heavy atom. The molecule has 192 valence electrons. The summed E-state index contributed by atoms with van der Waals surface area (Å²) in [4.78, 5) is 66.1. The molecule has 0 aromatic carbocycles. The maximum Gasteiger partial charge on any atom is 0.326 e. The molecule has 1 rings (SSSR count). The van der Waals surface area contributed by atoms with E-state index >= 15 is 0 Å². The van der Waals surface area contributed by atoms with Crippen LogP contribution < -0.4 is 33.6 Å². The van der Waals surface area contributed by atoms with Crippen LogP contribution in [0.15, 0.2) is 4.99 Å². The molecule has 34 heavy (non-hydrogen) atoms. The lowest BCUT2D eigenvalue weighted by molar-refractivity contribution is -0.146. The van der Waals surface area contributed by atoms with Gasteiger partial charge in [-0.05, 0) is 31.6 Å². The predicted molar refractivity (Wildman–Crippen MR) is 123 cm³/mol. The number of aliphatic carboxylic acids is 1. The first-order valence-electron chi connectivity index (χ1n) is 11.1. The zero-order valence-corrected chi connectivity index (χ0v) is 19.5. The van der Waals surface area contributed by atoms with Crippen LogP contribution in [0.5, 0.6) is 0 Å². The number of primary amides is 1. The number of carbonyl (C=O) groups is 5. The van der Waals surface area contributed by atoms with Gasteiger partial charge in [0, 0.05) is 13.1 Å². The average Bonchev–Trinajstić information content (AvgIpc) is 3.23. The minimum atomic E-state index is -1.50. The summed E-state index contributed by atoms with van der Waals surface area (Å²) < 4.78 is 0. The normalized spacial score (nSPS) is 18.0. The van der Waals surface area contributed by atoms with Gasteiger partial charge in [-0.15, -0.1) is 0 Å². The van der Waals surface area contributed by atoms with Gasteiger partial charge in [0.1, 0.15) is 18.1 Å². The fraction of sp³-hybridized carbons (Fsp3) is 0.700. The van der Waals surface area contributed by atoms with E-state index in [2.05, 4.69) is 15.6 Å². The van der Waals surface area contributed by atoms with Gasteiger partial charge in [-0.1, -0.05) is 13.8 Å². The Bertz CT molecular complexity index is 798. The summed E-state index contributed by atoms with van der Waals surface area (Å²) in [5, 5.41) is 14.2. The van der Waals surface area contributed by atoms with Crippen molar-refractivity contribution in [2.75, 3.05) is 13.1 Å². The van der Waals surface area contributed by atoms with E-state index in [1.807, 2.05) is 0 Å². The lowest BCUT2D eigenvalue weighted by atomic mass is 10.0. The van der Waals surface area contributed by atoms with Crippen molar-refractivity contribution in [3.05, 3.63) is 0 Å². The first kappa shape index (κ1) is 28.6. The SMILES string of the molecule is CC(C)C(NC(=O)C(N)CCCN=C(N)N)C(=O)N1CCCC1C(=O)NC(CC(N)=O)C(=O)O. The van der Waals surface area contributed by atoms with Crippen LogP contribution in [0.4, 0.5) is 0 Å². The van der Waals surface area contributed by atoms with Crippen molar-refractivity contribution in [1.82, 2.24) is 15.5 Å². The van der Waals surface area contributed by atoms with Crippen molar-refractivity contribution >= 4 is 35.6 Å². The molecule has 0 bridgehead atoms. The zero-order chi connectivity index (χ0) is 26.0. The van der Waals surface area contributed by atoms with Gasteiger partial charge in [0.05, 0.1) is 12.5 Å². The molecule has 1 fully saturated rings. The van der Waals surface area contributed by atoms with Crippen LogP contribution in [0.3, 0.4) is 0 Å². The molecule has 1 aliphatic rings. The van der Waals surface area contributed by atoms with Crippen LogP contribution in [0.1, 0.15) is 46.0 Å². The standard InChI is InChI=1S/C20H36N8O6/c1-10(2)15(27-16(30)11(21)5-3-7-25-20(23)24)18(32)28-8-4-6-13(28)17(31)26-12(19(33)34)9-14(22)29/h10-13,15H,3-9,21H2,1-2H3,(H2,22,29)(H,26,31)(H,27,30)(H,33,34)(H4,23,24,25). The van der Waals surface area contributed by atoms with E-state index in [0.29, 0.717) is 32.2 Å². The molecule has 1 heterocycles. The molecular formula is C20H36N8O6. The summed E-state index contributed by atoms with van der Waals surface area (Å²) >= 11 is 0. The summed E-state index contributed by atoms with van der Waals surface area (Å²) in [5.41, 5.74) is 21.5. The van der Waals surface area contributed by atoms with Crippen molar-refractivity contribution in [2.45, 2.75) is 70.1 Å². The van der Waals surface area contributed by atoms with Crippen molar-refractivity contribution in [3.63, 3.8) is 0 Å². The number of amides is 4. The third-order valence-corrected chi connectivity index (χ3v) is 5.39. The number of guanidine groups is 1. The summed E-state index contributed by atoms with van der Waals surface area (Å²) in [6, 6.07) is -4.26. The van der Waals surface area contributed by atoms with Crippen LogP contribution >= 0.6 is 0 Å². The minimum absolute atomic E-state index is 0.0583. The highest BCUT2D eigenvalue weighted by atomic mass is 16.4. The second kappa shape index (κ2) is 13.3. The van der Waals surface area contributed by atoms with Crippen LogP contribution in [0, 0.1) is 5.92 Å². The lowest BCUT2D eigenvalue weighted by Crippen LogP contribution is -2.58. The number of likely N-dealkylation sites (tertiary alicyclic amines) is 1. The predicted octanol–water partition coefficient (Wildman–Crippen LogP) is -3.06. The first-order chi connectivity index (χ1) is 15.8. The third-order valence-electron chi connectivity index (χ3n) is 5.39. The molecule has 0 aromatic heterocycles. The van der Waals surface area contributed by atoms with Gasteiger partial charge in [-0.3, -0.25) is 24.2 Å². The fourth-order valence-electron chi connectivity index (χ4n) is 3.58. The summed E-state index contributed by atoms with van der Waals surface area (Å²) in [7, 11) is 0. The quantitative estimate of drug-likeness (QED) is 0.0795. The molecule has 0 aromatic rings. The number of nitrogens with zero attached hydrogens (tertiary/aromatic N) is 2. The molecule has 1 aliphatic heterocycles. The van der Waals surface area contributed by atoms with Gasteiger partial charge in [0.25, 0.3) is 0 Å². The molecule has 0 spiro atoms. The number of hydrogen-bond acceptors (Lipinski definition) is 7. The van der Waals surface area contributed by atoms with Gasteiger partial charge in [0.15, 0.2) is 5.96 Å². The lowest BCUT2D eigenvalue weighted by Gasteiger charge is -2.31. The van der Waals surface area contributed by atoms with Crippen LogP contribution in [-0.2, 0) is 24.0 Å². The van der Waals surface area contributed by atoms with E-state index in [1.54, 1.807) is 13.8 Å². The molecule has 1 saturated heterocycles. The van der Waals surface area contributed by atoms with E-state index in [-0.39, 0.29) is 18.4 Å². The topological polar surface area (TPSA) is 249 Å². The maximum atomic E-state index is 13.2. The number of aliphatic imine (C=N–C) groups is 1. The van der Waals surface area contributed by atoms with Gasteiger partial charge in [-0.2, -0.15) is 0 Å². The Hall–Kier alpha value is -3.42. The van der Waals surface area contributed by atoms with Crippen molar-refractivity contribution in [2.24, 2.45) is 33.8 Å². The number of carbonyl (C=O) groups excluding carboxylic acids is 4. The maximum absolute atomic E-state index is 13.2. The Balaban J connectivity index is 2.84. The molecular weight excluding hydrogens is 448 g/mol. The van der Waals surface area contributed by atoms with E-state index in [9.17, 15) is 29.1 Å². The van der Waals surface area contributed by atoms with E-state index < -0.39 is 60.2 Å². The largest absolute Gasteiger partial charge is 0.480 e. The highest BCUT2D eigenvalue weighted by molar-refractivity contribution is 5.95. The first-order valence-corrected chi connectivity index (χ1v) is 11.1. The van der Waals surface area contributed by atoms with Crippen molar-refractivity contribution in [3.8, 4) is 0 Å². The number of carboxylic acids is 1. The van der Waals surface area contributed by atoms with Gasteiger partial charge >= 0.3 is 5.97 Å². The molecule has 4 amide bonds. The summed E-state index contributed by atoms with van der Waals surface area (Å²) in [5.74, 6) is -4.37. The third kappa shape index (κ3) is 8.84. The Kier molecular flexibility index (Phi) is 11.2. The van der Waals surface area contributed by atoms with Gasteiger partial charge < -0.3 is 43.6 Å². The second-order valence-electron chi connectivity index (χ2n) is 8.55. The van der Waals surface area contributed by atoms with Crippen LogP contribution in [0.25, 0.3) is 0 Å². The summed E-state index contributed by atoms with van der Waals surface area (Å²) in [6.07, 6.45) is 1.02. The molecule has 11 N–H and O–H groups in total. The van der Waals surface area contributed by atoms with E-state index in [1.165, 1.54) is 4.90 Å². The number of nitrogens with two attached hydrogens (primary N) is 4. The monoisotopic (exact) mass is 484 g/mol. The van der Waals surface area contributed by atoms with Gasteiger partial charge in [-0.25, -0.2) is 4.79 Å². The Labute approximate surface area is 197 Å². The Morgan fingerprint density at radius 1 is 1.12 bits per heavy atom. The average molecular weight is 485 g/mol. The molecule has 4 atom stereocenters. The van der Waals surface area contributed by atoms with Crippen molar-refractivity contribution in [1.29, 1.82) is 0 Å². The highest BCUT2D eigenvalue weighted by Crippen LogP contribution is 2.21. The number of hydrogen-bond donors (Lipinski definition) is 7. The minimum Gasteiger partial charge on any atom is -0.480 e. The van der Waals surface area contributed by atoms with Gasteiger partial charge in [0.2, 0.25) is 23.6 Å². The number of nitrogens with one attached hydrogen (secondary N) is 2. The molecule has 4 unspecified atom stereocenters.